The fourth-order valence-electron chi connectivity index (χ4n) is 3.00. The number of anilines is 1. The zero-order valence-electron chi connectivity index (χ0n) is 13.3. The lowest BCUT2D eigenvalue weighted by molar-refractivity contribution is 0.0716. The van der Waals surface area contributed by atoms with E-state index in [0.29, 0.717) is 17.4 Å². The summed E-state index contributed by atoms with van der Waals surface area (Å²) >= 11 is 0. The Morgan fingerprint density at radius 2 is 2.24 bits per heavy atom. The predicted octanol–water partition coefficient (Wildman–Crippen LogP) is 1.78. The molecule has 1 atom stereocenters. The quantitative estimate of drug-likeness (QED) is 0.898. The van der Waals surface area contributed by atoms with Gasteiger partial charge in [-0.05, 0) is 45.5 Å². The molecule has 0 saturated carbocycles. The summed E-state index contributed by atoms with van der Waals surface area (Å²) in [7, 11) is 4.09. The highest BCUT2D eigenvalue weighted by molar-refractivity contribution is 5.95. The second kappa shape index (κ2) is 6.89. The van der Waals surface area contributed by atoms with Gasteiger partial charge in [0.05, 0.1) is 0 Å². The lowest BCUT2D eigenvalue weighted by Crippen LogP contribution is -2.41. The van der Waals surface area contributed by atoms with Crippen LogP contribution in [0.2, 0.25) is 0 Å². The number of likely N-dealkylation sites (N-methyl/N-ethyl adjacent to an activating group) is 1. The van der Waals surface area contributed by atoms with Gasteiger partial charge in [-0.25, -0.2) is 4.98 Å². The molecule has 1 aliphatic heterocycles. The van der Waals surface area contributed by atoms with Crippen molar-refractivity contribution < 1.29 is 4.79 Å². The minimum absolute atomic E-state index is 0.0887. The first kappa shape index (κ1) is 15.8. The smallest absolute Gasteiger partial charge is 0.254 e. The number of carbonyl (C=O) groups is 1. The Kier molecular flexibility index (Phi) is 5.17. The molecule has 2 N–H and O–H groups in total. The van der Waals surface area contributed by atoms with E-state index in [4.69, 9.17) is 5.73 Å². The number of carbonyl (C=O) groups excluding carboxylic acids is 1. The van der Waals surface area contributed by atoms with Gasteiger partial charge in [0.15, 0.2) is 0 Å². The van der Waals surface area contributed by atoms with Gasteiger partial charge >= 0.3 is 0 Å². The van der Waals surface area contributed by atoms with Crippen LogP contribution in [0.5, 0.6) is 0 Å². The summed E-state index contributed by atoms with van der Waals surface area (Å²) in [5.41, 5.74) is 7.44. The van der Waals surface area contributed by atoms with Crippen LogP contribution < -0.4 is 5.73 Å². The molecular weight excluding hydrogens is 264 g/mol. The normalized spacial score (nSPS) is 18.5. The molecule has 0 aromatic carbocycles. The fraction of sp³-hybridized carbons (Fsp3) is 0.625. The van der Waals surface area contributed by atoms with Crippen molar-refractivity contribution in [3.63, 3.8) is 0 Å². The molecule has 1 unspecified atom stereocenters. The number of nitrogen functional groups attached to an aromatic ring is 1. The average Bonchev–Trinajstić information content (AvgIpc) is 2.84. The minimum Gasteiger partial charge on any atom is -0.384 e. The number of aryl methyl sites for hydroxylation is 1. The highest BCUT2D eigenvalue weighted by atomic mass is 16.2. The molecule has 116 valence electrons. The Bertz CT molecular complexity index is 501. The molecule has 1 amide bonds. The average molecular weight is 290 g/mol. The number of pyridine rings is 1. The van der Waals surface area contributed by atoms with Crippen molar-refractivity contribution in [1.82, 2.24) is 14.8 Å². The van der Waals surface area contributed by atoms with E-state index in [2.05, 4.69) is 16.8 Å². The van der Waals surface area contributed by atoms with E-state index >= 15 is 0 Å². The Balaban J connectivity index is 2.18. The third-order valence-electron chi connectivity index (χ3n) is 3.87. The van der Waals surface area contributed by atoms with Crippen LogP contribution in [0.3, 0.4) is 0 Å². The van der Waals surface area contributed by atoms with E-state index in [1.807, 2.05) is 25.1 Å². The maximum absolute atomic E-state index is 12.8. The van der Waals surface area contributed by atoms with Crippen molar-refractivity contribution in [2.24, 2.45) is 0 Å². The van der Waals surface area contributed by atoms with Crippen LogP contribution in [0.1, 0.15) is 42.2 Å². The van der Waals surface area contributed by atoms with Crippen LogP contribution in [-0.2, 0) is 6.42 Å². The Morgan fingerprint density at radius 3 is 2.90 bits per heavy atom. The molecule has 0 spiro atoms. The van der Waals surface area contributed by atoms with Crippen LogP contribution in [0.15, 0.2) is 12.1 Å². The number of nitrogens with two attached hydrogens (primary N) is 1. The van der Waals surface area contributed by atoms with E-state index in [0.717, 1.165) is 44.5 Å². The first-order valence-corrected chi connectivity index (χ1v) is 7.73. The fourth-order valence-corrected chi connectivity index (χ4v) is 3.00. The minimum atomic E-state index is 0.0887. The summed E-state index contributed by atoms with van der Waals surface area (Å²) in [6, 6.07) is 3.90. The van der Waals surface area contributed by atoms with Gasteiger partial charge < -0.3 is 15.5 Å². The molecular formula is C16H26N4O. The van der Waals surface area contributed by atoms with Crippen molar-refractivity contribution in [1.29, 1.82) is 0 Å². The monoisotopic (exact) mass is 290 g/mol. The molecule has 1 aromatic rings. The van der Waals surface area contributed by atoms with Gasteiger partial charge in [-0.2, -0.15) is 0 Å². The molecule has 1 aliphatic rings. The van der Waals surface area contributed by atoms with Crippen LogP contribution in [-0.4, -0.2) is 53.9 Å². The van der Waals surface area contributed by atoms with Crippen molar-refractivity contribution in [2.75, 3.05) is 32.9 Å². The molecule has 2 heterocycles. The third kappa shape index (κ3) is 3.94. The van der Waals surface area contributed by atoms with Crippen LogP contribution in [0.25, 0.3) is 0 Å². The van der Waals surface area contributed by atoms with Crippen molar-refractivity contribution in [3.8, 4) is 0 Å². The SMILES string of the molecule is CCCc1cc(C(=O)N2CCCC2CN(C)C)cc(N)n1. The number of aromatic nitrogens is 1. The lowest BCUT2D eigenvalue weighted by Gasteiger charge is -2.27. The topological polar surface area (TPSA) is 62.5 Å². The number of likely N-dealkylation sites (tertiary alicyclic amines) is 1. The Morgan fingerprint density at radius 1 is 1.48 bits per heavy atom. The van der Waals surface area contributed by atoms with Crippen molar-refractivity contribution in [2.45, 2.75) is 38.6 Å². The van der Waals surface area contributed by atoms with E-state index in [-0.39, 0.29) is 5.91 Å². The number of hydrogen-bond donors (Lipinski definition) is 1. The summed E-state index contributed by atoms with van der Waals surface area (Å²) in [6.07, 6.45) is 4.00. The van der Waals surface area contributed by atoms with Gasteiger partial charge in [-0.1, -0.05) is 13.3 Å². The summed E-state index contributed by atoms with van der Waals surface area (Å²) < 4.78 is 0. The molecule has 0 bridgehead atoms. The first-order valence-electron chi connectivity index (χ1n) is 7.73. The first-order chi connectivity index (χ1) is 10.0. The largest absolute Gasteiger partial charge is 0.384 e. The van der Waals surface area contributed by atoms with Gasteiger partial charge in [-0.3, -0.25) is 4.79 Å². The summed E-state index contributed by atoms with van der Waals surface area (Å²) in [6.45, 7) is 3.84. The second-order valence-electron chi connectivity index (χ2n) is 6.08. The molecule has 1 fully saturated rings. The predicted molar refractivity (Wildman–Crippen MR) is 85.3 cm³/mol. The van der Waals surface area contributed by atoms with Gasteiger partial charge in [0.25, 0.3) is 5.91 Å². The standard InChI is InChI=1S/C16H26N4O/c1-4-6-13-9-12(10-15(17)18-13)16(21)20-8-5-7-14(20)11-19(2)3/h9-10,14H,4-8,11H2,1-3H3,(H2,17,18). The zero-order chi connectivity index (χ0) is 15.4. The van der Waals surface area contributed by atoms with Crippen LogP contribution in [0.4, 0.5) is 5.82 Å². The molecule has 1 saturated heterocycles. The molecule has 1 aromatic heterocycles. The maximum Gasteiger partial charge on any atom is 0.254 e. The van der Waals surface area contributed by atoms with Gasteiger partial charge in [-0.15, -0.1) is 0 Å². The number of amides is 1. The third-order valence-corrected chi connectivity index (χ3v) is 3.87. The summed E-state index contributed by atoms with van der Waals surface area (Å²) in [4.78, 5) is 21.2. The van der Waals surface area contributed by atoms with E-state index < -0.39 is 0 Å². The highest BCUT2D eigenvalue weighted by Crippen LogP contribution is 2.21. The maximum atomic E-state index is 12.8. The molecule has 21 heavy (non-hydrogen) atoms. The Hall–Kier alpha value is -1.62. The molecule has 5 heteroatoms. The molecule has 0 aliphatic carbocycles. The molecule has 0 radical (unpaired) electrons. The van der Waals surface area contributed by atoms with Crippen molar-refractivity contribution in [3.05, 3.63) is 23.4 Å². The van der Waals surface area contributed by atoms with Crippen LogP contribution >= 0.6 is 0 Å². The molecule has 2 rings (SSSR count). The van der Waals surface area contributed by atoms with E-state index in [1.54, 1.807) is 6.07 Å². The zero-order valence-corrected chi connectivity index (χ0v) is 13.3. The summed E-state index contributed by atoms with van der Waals surface area (Å²) in [5, 5.41) is 0. The van der Waals surface area contributed by atoms with E-state index in [1.165, 1.54) is 0 Å². The lowest BCUT2D eigenvalue weighted by atomic mass is 10.1. The van der Waals surface area contributed by atoms with E-state index in [9.17, 15) is 4.79 Å². The number of rotatable bonds is 5. The second-order valence-corrected chi connectivity index (χ2v) is 6.08. The van der Waals surface area contributed by atoms with Crippen LogP contribution in [0, 0.1) is 0 Å². The number of nitrogens with zero attached hydrogens (tertiary/aromatic N) is 3. The summed E-state index contributed by atoms with van der Waals surface area (Å²) in [5.74, 6) is 0.526. The highest BCUT2D eigenvalue weighted by Gasteiger charge is 2.29. The Labute approximate surface area is 127 Å². The molecule has 5 nitrogen and oxygen atoms in total. The van der Waals surface area contributed by atoms with Gasteiger partial charge in [0.2, 0.25) is 0 Å². The number of hydrogen-bond acceptors (Lipinski definition) is 4. The van der Waals surface area contributed by atoms with Gasteiger partial charge in [0.1, 0.15) is 5.82 Å². The van der Waals surface area contributed by atoms with Gasteiger partial charge in [0, 0.05) is 30.4 Å². The van der Waals surface area contributed by atoms with Crippen molar-refractivity contribution >= 4 is 11.7 Å².